The first kappa shape index (κ1) is 13.9. The van der Waals surface area contributed by atoms with Gasteiger partial charge in [-0.05, 0) is 11.6 Å². The highest BCUT2D eigenvalue weighted by Crippen LogP contribution is 1.96. The van der Waals surface area contributed by atoms with Gasteiger partial charge in [0.15, 0.2) is 5.82 Å². The maximum atomic E-state index is 10.5. The van der Waals surface area contributed by atoms with E-state index in [0.717, 1.165) is 11.8 Å². The van der Waals surface area contributed by atoms with Crippen molar-refractivity contribution in [2.75, 3.05) is 20.3 Å². The first-order valence-electron chi connectivity index (χ1n) is 5.43. The molecule has 0 bridgehead atoms. The molecule has 2 N–H and O–H groups in total. The fourth-order valence-corrected chi connectivity index (χ4v) is 1.25. The molecule has 1 heterocycles. The molecule has 98 valence electrons. The Kier molecular flexibility index (Phi) is 6.20. The summed E-state index contributed by atoms with van der Waals surface area (Å²) in [6.45, 7) is 1.44. The van der Waals surface area contributed by atoms with E-state index in [2.05, 4.69) is 15.6 Å². The number of nitrogens with one attached hydrogen (secondary N) is 2. The summed E-state index contributed by atoms with van der Waals surface area (Å²) in [7, 11) is 1.57. The summed E-state index contributed by atoms with van der Waals surface area (Å²) in [5.74, 6) is 0.348. The average Bonchev–Trinajstić information content (AvgIpc) is 2.37. The number of nitrogens with zero attached hydrogens (tertiary/aromatic N) is 2. The molecule has 0 unspecified atom stereocenters. The van der Waals surface area contributed by atoms with Gasteiger partial charge in [0.2, 0.25) is 0 Å². The minimum atomic E-state index is -0.509. The van der Waals surface area contributed by atoms with Gasteiger partial charge in [0.25, 0.3) is 6.20 Å². The highest BCUT2D eigenvalue weighted by atomic mass is 16.6. The van der Waals surface area contributed by atoms with E-state index in [4.69, 9.17) is 4.74 Å². The van der Waals surface area contributed by atoms with Crippen LogP contribution in [0.25, 0.3) is 0 Å². The molecule has 0 atom stereocenters. The van der Waals surface area contributed by atoms with Crippen LogP contribution in [0.5, 0.6) is 0 Å². The summed E-state index contributed by atoms with van der Waals surface area (Å²) >= 11 is 0. The number of rotatable bonds is 8. The van der Waals surface area contributed by atoms with Gasteiger partial charge in [-0.15, -0.1) is 0 Å². The first-order valence-corrected chi connectivity index (χ1v) is 5.43. The van der Waals surface area contributed by atoms with E-state index in [0.29, 0.717) is 25.5 Å². The molecule has 1 rings (SSSR count). The van der Waals surface area contributed by atoms with Crippen LogP contribution in [0, 0.1) is 10.1 Å². The average molecular weight is 252 g/mol. The van der Waals surface area contributed by atoms with Gasteiger partial charge in [-0.2, -0.15) is 0 Å². The van der Waals surface area contributed by atoms with Gasteiger partial charge >= 0.3 is 0 Å². The molecule has 0 amide bonds. The predicted molar refractivity (Wildman–Crippen MR) is 66.0 cm³/mol. The fourth-order valence-electron chi connectivity index (χ4n) is 1.25. The van der Waals surface area contributed by atoms with Crippen molar-refractivity contribution in [3.63, 3.8) is 0 Å². The number of hydrogen-bond acceptors (Lipinski definition) is 6. The van der Waals surface area contributed by atoms with E-state index in [1.165, 1.54) is 0 Å². The molecule has 0 radical (unpaired) electrons. The summed E-state index contributed by atoms with van der Waals surface area (Å²) < 4.78 is 4.86. The van der Waals surface area contributed by atoms with Crippen LogP contribution in [0.4, 0.5) is 0 Å². The van der Waals surface area contributed by atoms with Crippen molar-refractivity contribution in [2.45, 2.75) is 6.54 Å². The topological polar surface area (TPSA) is 89.3 Å². The normalized spacial score (nSPS) is 11.1. The standard InChI is InChI=1S/C11H16N4O3/c1-18-6-5-13-11(9-15(16)17)14-8-10-3-2-4-12-7-10/h2-4,7,9,13-14H,5-6,8H2,1H3. The molecule has 0 aliphatic carbocycles. The largest absolute Gasteiger partial charge is 0.383 e. The van der Waals surface area contributed by atoms with Crippen molar-refractivity contribution in [3.05, 3.63) is 52.2 Å². The van der Waals surface area contributed by atoms with Crippen LogP contribution in [-0.4, -0.2) is 30.2 Å². The third-order valence-electron chi connectivity index (χ3n) is 2.06. The van der Waals surface area contributed by atoms with Crippen LogP contribution < -0.4 is 10.6 Å². The number of methoxy groups -OCH3 is 1. The van der Waals surface area contributed by atoms with Gasteiger partial charge < -0.3 is 15.4 Å². The second-order valence-electron chi connectivity index (χ2n) is 3.46. The zero-order chi connectivity index (χ0) is 13.2. The van der Waals surface area contributed by atoms with Gasteiger partial charge in [-0.25, -0.2) is 0 Å². The highest BCUT2D eigenvalue weighted by Gasteiger charge is 2.02. The van der Waals surface area contributed by atoms with Crippen LogP contribution in [0.2, 0.25) is 0 Å². The Balaban J connectivity index is 2.48. The van der Waals surface area contributed by atoms with Crippen molar-refractivity contribution in [1.29, 1.82) is 0 Å². The van der Waals surface area contributed by atoms with Gasteiger partial charge in [0.1, 0.15) is 0 Å². The molecule has 1 aromatic heterocycles. The van der Waals surface area contributed by atoms with Gasteiger partial charge in [0.05, 0.1) is 11.5 Å². The van der Waals surface area contributed by atoms with Crippen LogP contribution in [0.3, 0.4) is 0 Å². The summed E-state index contributed by atoms with van der Waals surface area (Å²) in [5, 5.41) is 16.3. The van der Waals surface area contributed by atoms with Crippen molar-refractivity contribution in [3.8, 4) is 0 Å². The van der Waals surface area contributed by atoms with Crippen molar-refractivity contribution in [1.82, 2.24) is 15.6 Å². The molecule has 0 fully saturated rings. The number of nitro groups is 1. The summed E-state index contributed by atoms with van der Waals surface area (Å²) in [6.07, 6.45) is 4.27. The Bertz CT molecular complexity index is 395. The molecule has 0 aromatic carbocycles. The Morgan fingerprint density at radius 2 is 2.44 bits per heavy atom. The quantitative estimate of drug-likeness (QED) is 0.397. The first-order chi connectivity index (χ1) is 8.72. The number of aromatic nitrogens is 1. The molecule has 0 saturated heterocycles. The van der Waals surface area contributed by atoms with E-state index in [1.807, 2.05) is 12.1 Å². The van der Waals surface area contributed by atoms with E-state index in [-0.39, 0.29) is 0 Å². The zero-order valence-corrected chi connectivity index (χ0v) is 10.1. The molecule has 0 aliphatic heterocycles. The zero-order valence-electron chi connectivity index (χ0n) is 10.1. The Morgan fingerprint density at radius 1 is 1.61 bits per heavy atom. The van der Waals surface area contributed by atoms with Crippen LogP contribution in [-0.2, 0) is 11.3 Å². The van der Waals surface area contributed by atoms with Gasteiger partial charge in [-0.1, -0.05) is 6.07 Å². The second-order valence-corrected chi connectivity index (χ2v) is 3.46. The van der Waals surface area contributed by atoms with Crippen LogP contribution >= 0.6 is 0 Å². The lowest BCUT2D eigenvalue weighted by Crippen LogP contribution is -2.29. The van der Waals surface area contributed by atoms with E-state index < -0.39 is 4.92 Å². The number of pyridine rings is 1. The molecular weight excluding hydrogens is 236 g/mol. The SMILES string of the molecule is COCCNC(=C[N+](=O)[O-])NCc1cccnc1. The van der Waals surface area contributed by atoms with E-state index in [9.17, 15) is 10.1 Å². The van der Waals surface area contributed by atoms with Gasteiger partial charge in [0, 0.05) is 32.6 Å². The van der Waals surface area contributed by atoms with E-state index >= 15 is 0 Å². The maximum absolute atomic E-state index is 10.5. The van der Waals surface area contributed by atoms with E-state index in [1.54, 1.807) is 19.5 Å². The minimum absolute atomic E-state index is 0.348. The summed E-state index contributed by atoms with van der Waals surface area (Å²) in [4.78, 5) is 13.9. The lowest BCUT2D eigenvalue weighted by Gasteiger charge is -2.10. The maximum Gasteiger partial charge on any atom is 0.274 e. The Morgan fingerprint density at radius 3 is 3.06 bits per heavy atom. The molecule has 18 heavy (non-hydrogen) atoms. The summed E-state index contributed by atoms with van der Waals surface area (Å²) in [5.41, 5.74) is 0.945. The minimum Gasteiger partial charge on any atom is -0.383 e. The monoisotopic (exact) mass is 252 g/mol. The lowest BCUT2D eigenvalue weighted by molar-refractivity contribution is -0.404. The molecule has 0 saturated carbocycles. The van der Waals surface area contributed by atoms with Crippen LogP contribution in [0.1, 0.15) is 5.56 Å². The third kappa shape index (κ3) is 5.80. The lowest BCUT2D eigenvalue weighted by atomic mass is 10.3. The molecule has 1 aromatic rings. The van der Waals surface area contributed by atoms with Crippen molar-refractivity contribution < 1.29 is 9.66 Å². The van der Waals surface area contributed by atoms with Crippen LogP contribution in [0.15, 0.2) is 36.5 Å². The molecule has 7 nitrogen and oxygen atoms in total. The third-order valence-corrected chi connectivity index (χ3v) is 2.06. The highest BCUT2D eigenvalue weighted by molar-refractivity contribution is 5.09. The number of hydrogen-bond donors (Lipinski definition) is 2. The Hall–Kier alpha value is -2.15. The Labute approximate surface area is 105 Å². The number of ether oxygens (including phenoxy) is 1. The summed E-state index contributed by atoms with van der Waals surface area (Å²) in [6, 6.07) is 3.70. The molecular formula is C11H16N4O3. The van der Waals surface area contributed by atoms with Crippen molar-refractivity contribution >= 4 is 0 Å². The predicted octanol–water partition coefficient (Wildman–Crippen LogP) is 0.483. The molecule has 0 aliphatic rings. The smallest absolute Gasteiger partial charge is 0.274 e. The van der Waals surface area contributed by atoms with Gasteiger partial charge in [-0.3, -0.25) is 15.1 Å². The fraction of sp³-hybridized carbons (Fsp3) is 0.364. The molecule has 0 spiro atoms. The van der Waals surface area contributed by atoms with Crippen molar-refractivity contribution in [2.24, 2.45) is 0 Å². The molecule has 7 heteroatoms. The second kappa shape index (κ2) is 8.02.